The Balaban J connectivity index is 0. The number of rotatable bonds is 9. The van der Waals surface area contributed by atoms with Crippen LogP contribution in [0.3, 0.4) is 0 Å². The maximum absolute atomic E-state index is 8.33. The molecule has 7 nitrogen and oxygen atoms in total. The highest BCUT2D eigenvalue weighted by Gasteiger charge is 1.93. The van der Waals surface area contributed by atoms with Crippen LogP contribution < -0.4 is 5.32 Å². The summed E-state index contributed by atoms with van der Waals surface area (Å²) < 4.78 is 0. The van der Waals surface area contributed by atoms with E-state index in [1.807, 2.05) is 0 Å². The molecule has 0 aliphatic rings. The summed E-state index contributed by atoms with van der Waals surface area (Å²) in [6.45, 7) is 1.23. The quantitative estimate of drug-likeness (QED) is 0.194. The molecule has 7 heteroatoms. The summed E-state index contributed by atoms with van der Waals surface area (Å²) in [6.07, 6.45) is 1.59. The summed E-state index contributed by atoms with van der Waals surface area (Å²) in [4.78, 5) is 1.04. The third-order valence-electron chi connectivity index (χ3n) is 1.62. The van der Waals surface area contributed by atoms with Gasteiger partial charge >= 0.3 is 0 Å². The van der Waals surface area contributed by atoms with Crippen LogP contribution in [0.1, 0.15) is 12.8 Å². The molecule has 0 aromatic heterocycles. The van der Waals surface area contributed by atoms with Gasteiger partial charge in [0.15, 0.2) is 0 Å². The molecule has 0 atom stereocenters. The molecular formula is C9H24N2O5. The molecule has 0 unspecified atom stereocenters. The summed E-state index contributed by atoms with van der Waals surface area (Å²) in [5, 5.41) is 44.1. The van der Waals surface area contributed by atoms with E-state index in [0.29, 0.717) is 0 Å². The zero-order valence-electron chi connectivity index (χ0n) is 9.55. The van der Waals surface area contributed by atoms with E-state index in [1.165, 1.54) is 0 Å². The average molecular weight is 240 g/mol. The van der Waals surface area contributed by atoms with Crippen molar-refractivity contribution in [2.75, 3.05) is 46.5 Å². The van der Waals surface area contributed by atoms with Gasteiger partial charge in [0.2, 0.25) is 0 Å². The number of aliphatic hydroxyl groups excluding tert-OH is 5. The molecule has 6 N–H and O–H groups in total. The van der Waals surface area contributed by atoms with Gasteiger partial charge < -0.3 is 30.8 Å². The Morgan fingerprint density at radius 3 is 1.25 bits per heavy atom. The minimum absolute atomic E-state index is 0.242. The molecule has 0 aliphatic heterocycles. The second kappa shape index (κ2) is 17.1. The molecule has 0 aromatic rings. The second-order valence-corrected chi connectivity index (χ2v) is 3.00. The number of nitrogens with zero attached hydrogens (tertiary/aromatic N) is 1. The predicted molar refractivity (Wildman–Crippen MR) is 59.4 cm³/mol. The van der Waals surface area contributed by atoms with Crippen LogP contribution in [0.15, 0.2) is 0 Å². The fraction of sp³-hybridized carbons (Fsp3) is 1.00. The van der Waals surface area contributed by atoms with E-state index in [0.717, 1.165) is 30.8 Å². The minimum atomic E-state index is -0.312. The molecule has 0 spiro atoms. The van der Waals surface area contributed by atoms with Crippen LogP contribution in [-0.4, -0.2) is 76.9 Å². The lowest BCUT2D eigenvalue weighted by atomic mass is 10.4. The van der Waals surface area contributed by atoms with Crippen molar-refractivity contribution in [3.8, 4) is 0 Å². The molecule has 0 bridgehead atoms. The Hall–Kier alpha value is -0.280. The fourth-order valence-corrected chi connectivity index (χ4v) is 0.667. The first-order chi connectivity index (χ1) is 7.76. The predicted octanol–water partition coefficient (Wildman–Crippen LogP) is -2.52. The maximum Gasteiger partial charge on any atom is 0.0993 e. The van der Waals surface area contributed by atoms with Crippen LogP contribution in [0.2, 0.25) is 0 Å². The second-order valence-electron chi connectivity index (χ2n) is 3.00. The van der Waals surface area contributed by atoms with Crippen LogP contribution in [0, 0.1) is 0 Å². The summed E-state index contributed by atoms with van der Waals surface area (Å²) in [5.41, 5.74) is 0. The first-order valence-electron chi connectivity index (χ1n) is 5.24. The number of aliphatic hydroxyl groups is 5. The van der Waals surface area contributed by atoms with Gasteiger partial charge in [-0.2, -0.15) is 0 Å². The number of hydrogen-bond donors (Lipinski definition) is 6. The van der Waals surface area contributed by atoms with Gasteiger partial charge in [-0.15, -0.1) is 0 Å². The van der Waals surface area contributed by atoms with Gasteiger partial charge in [0.05, 0.1) is 20.2 Å². The third kappa shape index (κ3) is 16.2. The zero-order chi connectivity index (χ0) is 12.6. The van der Waals surface area contributed by atoms with Crippen LogP contribution >= 0.6 is 0 Å². The Bertz CT molecular complexity index is 103. The molecule has 0 amide bonds. The van der Waals surface area contributed by atoms with E-state index in [-0.39, 0.29) is 33.4 Å². The van der Waals surface area contributed by atoms with Gasteiger partial charge in [-0.25, -0.2) is 4.90 Å². The average Bonchev–Trinajstić information content (AvgIpc) is 2.32. The highest BCUT2D eigenvalue weighted by Crippen LogP contribution is 1.75. The number of nitrogens with one attached hydrogen (secondary N) is 1. The van der Waals surface area contributed by atoms with Crippen molar-refractivity contribution >= 4 is 0 Å². The van der Waals surface area contributed by atoms with E-state index in [4.69, 9.17) is 25.5 Å². The zero-order valence-corrected chi connectivity index (χ0v) is 9.55. The van der Waals surface area contributed by atoms with Crippen molar-refractivity contribution < 1.29 is 25.5 Å². The van der Waals surface area contributed by atoms with Crippen molar-refractivity contribution in [3.63, 3.8) is 0 Å². The molecule has 0 aliphatic carbocycles. The molecule has 0 aromatic carbocycles. The van der Waals surface area contributed by atoms with Gasteiger partial charge in [0, 0.05) is 13.2 Å². The molecule has 0 heterocycles. The Morgan fingerprint density at radius 1 is 0.688 bits per heavy atom. The van der Waals surface area contributed by atoms with E-state index in [1.54, 1.807) is 0 Å². The summed E-state index contributed by atoms with van der Waals surface area (Å²) >= 11 is 0. The topological polar surface area (TPSA) is 116 Å². The van der Waals surface area contributed by atoms with Crippen LogP contribution in [0.25, 0.3) is 0 Å². The lowest BCUT2D eigenvalue weighted by Gasteiger charge is -2.09. The largest absolute Gasteiger partial charge is 0.396 e. The van der Waals surface area contributed by atoms with Gasteiger partial charge in [-0.1, -0.05) is 0 Å². The highest BCUT2D eigenvalue weighted by molar-refractivity contribution is 4.45. The normalized spacial score (nSPS) is 10.1. The smallest absolute Gasteiger partial charge is 0.0993 e. The summed E-state index contributed by atoms with van der Waals surface area (Å²) in [7, 11) is 0. The Labute approximate surface area is 95.9 Å². The SMILES string of the molecule is OCCCNCCCO.OCN(CO)CO. The fourth-order valence-electron chi connectivity index (χ4n) is 0.667. The van der Waals surface area contributed by atoms with Gasteiger partial charge in [-0.3, -0.25) is 0 Å². The Morgan fingerprint density at radius 2 is 1.06 bits per heavy atom. The van der Waals surface area contributed by atoms with Gasteiger partial charge in [-0.05, 0) is 25.9 Å². The molecule has 16 heavy (non-hydrogen) atoms. The molecular weight excluding hydrogens is 216 g/mol. The van der Waals surface area contributed by atoms with E-state index >= 15 is 0 Å². The standard InChI is InChI=1S/C6H15NO2.C3H9NO3/c8-5-1-3-7-4-2-6-9;5-1-4(2-6)3-7/h7-9H,1-6H2;5-7H,1-3H2. The van der Waals surface area contributed by atoms with Crippen LogP contribution in [-0.2, 0) is 0 Å². The summed E-state index contributed by atoms with van der Waals surface area (Å²) in [5.74, 6) is 0. The minimum Gasteiger partial charge on any atom is -0.396 e. The molecule has 100 valence electrons. The third-order valence-corrected chi connectivity index (χ3v) is 1.62. The van der Waals surface area contributed by atoms with Crippen molar-refractivity contribution in [1.82, 2.24) is 10.2 Å². The van der Waals surface area contributed by atoms with Crippen molar-refractivity contribution in [1.29, 1.82) is 0 Å². The monoisotopic (exact) mass is 240 g/mol. The van der Waals surface area contributed by atoms with Crippen LogP contribution in [0.5, 0.6) is 0 Å². The highest BCUT2D eigenvalue weighted by atomic mass is 16.3. The van der Waals surface area contributed by atoms with Crippen molar-refractivity contribution in [2.45, 2.75) is 12.8 Å². The molecule has 0 rings (SSSR count). The lowest BCUT2D eigenvalue weighted by Crippen LogP contribution is -2.26. The number of hydrogen-bond acceptors (Lipinski definition) is 7. The lowest BCUT2D eigenvalue weighted by molar-refractivity contribution is -0.0268. The van der Waals surface area contributed by atoms with Crippen molar-refractivity contribution in [3.05, 3.63) is 0 Å². The van der Waals surface area contributed by atoms with E-state index in [2.05, 4.69) is 5.32 Å². The molecule has 0 radical (unpaired) electrons. The van der Waals surface area contributed by atoms with Crippen molar-refractivity contribution in [2.24, 2.45) is 0 Å². The van der Waals surface area contributed by atoms with Gasteiger partial charge in [0.25, 0.3) is 0 Å². The van der Waals surface area contributed by atoms with E-state index < -0.39 is 0 Å². The molecule has 0 fully saturated rings. The summed E-state index contributed by atoms with van der Waals surface area (Å²) in [6, 6.07) is 0. The van der Waals surface area contributed by atoms with Gasteiger partial charge in [0.1, 0.15) is 0 Å². The first kappa shape index (κ1) is 18.1. The van der Waals surface area contributed by atoms with E-state index in [9.17, 15) is 0 Å². The molecule has 0 saturated heterocycles. The first-order valence-corrected chi connectivity index (χ1v) is 5.24. The maximum atomic E-state index is 8.33. The van der Waals surface area contributed by atoms with Crippen LogP contribution in [0.4, 0.5) is 0 Å². The Kier molecular flexibility index (Phi) is 19.4. The molecule has 0 saturated carbocycles.